The van der Waals surface area contributed by atoms with Crippen LogP contribution in [0.3, 0.4) is 0 Å². The normalized spacial score (nSPS) is 27.9. The highest BCUT2D eigenvalue weighted by Crippen LogP contribution is 2.37. The van der Waals surface area contributed by atoms with Gasteiger partial charge in [0.2, 0.25) is 10.0 Å². The van der Waals surface area contributed by atoms with Crippen LogP contribution in [0.5, 0.6) is 0 Å². The second-order valence-corrected chi connectivity index (χ2v) is 8.55. The van der Waals surface area contributed by atoms with Crippen LogP contribution in [0.25, 0.3) is 0 Å². The van der Waals surface area contributed by atoms with Crippen molar-refractivity contribution in [1.82, 2.24) is 4.72 Å². The van der Waals surface area contributed by atoms with Gasteiger partial charge in [-0.1, -0.05) is 12.2 Å². The van der Waals surface area contributed by atoms with E-state index in [1.807, 2.05) is 11.8 Å². The lowest BCUT2D eigenvalue weighted by molar-refractivity contribution is 0.550. The molecule has 0 saturated carbocycles. The molecule has 1 heterocycles. The second kappa shape index (κ2) is 5.20. The second-order valence-electron chi connectivity index (χ2n) is 4.31. The van der Waals surface area contributed by atoms with E-state index >= 15 is 0 Å². The van der Waals surface area contributed by atoms with Crippen LogP contribution in [-0.4, -0.2) is 35.7 Å². The van der Waals surface area contributed by atoms with Crippen molar-refractivity contribution >= 4 is 39.0 Å². The minimum atomic E-state index is -3.41. The van der Waals surface area contributed by atoms with E-state index in [0.717, 1.165) is 18.6 Å². The molecular weight excluding hydrogens is 264 g/mol. The molecule has 0 aromatic heterocycles. The van der Waals surface area contributed by atoms with Crippen molar-refractivity contribution in [1.29, 1.82) is 0 Å². The number of thiocarbonyl (C=S) groups is 1. The SMILES string of the molecule is CC(C(N)=S)S(=O)(=O)NCC1(C)CCCS1. The maximum Gasteiger partial charge on any atom is 0.220 e. The molecule has 94 valence electrons. The lowest BCUT2D eigenvalue weighted by Gasteiger charge is -2.24. The Bertz CT molecular complexity index is 361. The number of nitrogens with one attached hydrogen (secondary N) is 1. The smallest absolute Gasteiger partial charge is 0.220 e. The van der Waals surface area contributed by atoms with E-state index in [9.17, 15) is 8.42 Å². The van der Waals surface area contributed by atoms with Gasteiger partial charge in [0, 0.05) is 11.3 Å². The summed E-state index contributed by atoms with van der Waals surface area (Å²) in [5, 5.41) is -0.808. The summed E-state index contributed by atoms with van der Waals surface area (Å²) in [5.41, 5.74) is 5.35. The summed E-state index contributed by atoms with van der Waals surface area (Å²) < 4.78 is 26.2. The van der Waals surface area contributed by atoms with E-state index in [1.54, 1.807) is 0 Å². The summed E-state index contributed by atoms with van der Waals surface area (Å²) >= 11 is 6.51. The van der Waals surface area contributed by atoms with Crippen molar-refractivity contribution in [3.05, 3.63) is 0 Å². The van der Waals surface area contributed by atoms with Crippen LogP contribution in [-0.2, 0) is 10.0 Å². The number of nitrogens with two attached hydrogens (primary N) is 1. The number of sulfonamides is 1. The van der Waals surface area contributed by atoms with E-state index < -0.39 is 15.3 Å². The van der Waals surface area contributed by atoms with Crippen molar-refractivity contribution in [3.8, 4) is 0 Å². The summed E-state index contributed by atoms with van der Waals surface area (Å²) in [6.07, 6.45) is 2.19. The van der Waals surface area contributed by atoms with Gasteiger partial charge in [0.15, 0.2) is 0 Å². The number of hydrogen-bond acceptors (Lipinski definition) is 4. The van der Waals surface area contributed by atoms with E-state index in [-0.39, 0.29) is 9.74 Å². The predicted octanol–water partition coefficient (Wildman–Crippen LogP) is 0.866. The van der Waals surface area contributed by atoms with E-state index in [1.165, 1.54) is 6.92 Å². The van der Waals surface area contributed by atoms with Gasteiger partial charge in [-0.3, -0.25) is 0 Å². The predicted molar refractivity (Wildman–Crippen MR) is 73.3 cm³/mol. The Kier molecular flexibility index (Phi) is 4.62. The van der Waals surface area contributed by atoms with Crippen molar-refractivity contribution in [2.24, 2.45) is 5.73 Å². The Labute approximate surface area is 107 Å². The summed E-state index contributed by atoms with van der Waals surface area (Å²) in [6, 6.07) is 0. The highest BCUT2D eigenvalue weighted by Gasteiger charge is 2.32. The zero-order valence-corrected chi connectivity index (χ0v) is 12.0. The standard InChI is InChI=1S/C9H18N2O2S3/c1-7(8(10)14)16(12,13)11-6-9(2)4-3-5-15-9/h7,11H,3-6H2,1-2H3,(H2,10,14). The average molecular weight is 282 g/mol. The van der Waals surface area contributed by atoms with Crippen LogP contribution >= 0.6 is 24.0 Å². The lowest BCUT2D eigenvalue weighted by atomic mass is 10.1. The zero-order valence-electron chi connectivity index (χ0n) is 9.52. The van der Waals surface area contributed by atoms with Gasteiger partial charge in [-0.25, -0.2) is 13.1 Å². The fourth-order valence-electron chi connectivity index (χ4n) is 1.51. The minimum Gasteiger partial charge on any atom is -0.392 e. The molecule has 0 aromatic carbocycles. The molecule has 2 unspecified atom stereocenters. The first-order valence-corrected chi connectivity index (χ1v) is 8.13. The van der Waals surface area contributed by atoms with Gasteiger partial charge in [0.1, 0.15) is 5.25 Å². The molecule has 0 bridgehead atoms. The molecule has 0 spiro atoms. The first-order valence-electron chi connectivity index (χ1n) is 5.19. The van der Waals surface area contributed by atoms with E-state index in [2.05, 4.69) is 11.6 Å². The Balaban J connectivity index is 2.57. The topological polar surface area (TPSA) is 72.2 Å². The highest BCUT2D eigenvalue weighted by atomic mass is 32.2. The molecule has 0 radical (unpaired) electrons. The van der Waals surface area contributed by atoms with Crippen LogP contribution in [0.2, 0.25) is 0 Å². The molecule has 7 heteroatoms. The van der Waals surface area contributed by atoms with Crippen LogP contribution in [0.1, 0.15) is 26.7 Å². The van der Waals surface area contributed by atoms with Crippen molar-refractivity contribution < 1.29 is 8.42 Å². The van der Waals surface area contributed by atoms with Crippen molar-refractivity contribution in [2.45, 2.75) is 36.7 Å². The molecule has 2 atom stereocenters. The number of rotatable bonds is 5. The molecule has 3 N–H and O–H groups in total. The minimum absolute atomic E-state index is 0.0109. The van der Waals surface area contributed by atoms with Gasteiger partial charge in [0.25, 0.3) is 0 Å². The first kappa shape index (κ1) is 14.2. The monoisotopic (exact) mass is 282 g/mol. The average Bonchev–Trinajstić information content (AvgIpc) is 2.62. The van der Waals surface area contributed by atoms with E-state index in [4.69, 9.17) is 18.0 Å². The highest BCUT2D eigenvalue weighted by molar-refractivity contribution is 8.01. The van der Waals surface area contributed by atoms with Gasteiger partial charge in [0.05, 0.1) is 4.99 Å². The van der Waals surface area contributed by atoms with Gasteiger partial charge in [-0.15, -0.1) is 0 Å². The molecule has 16 heavy (non-hydrogen) atoms. The molecule has 1 rings (SSSR count). The lowest BCUT2D eigenvalue weighted by Crippen LogP contribution is -2.44. The van der Waals surface area contributed by atoms with Crippen LogP contribution in [0.4, 0.5) is 0 Å². The maximum absolute atomic E-state index is 11.8. The molecule has 1 saturated heterocycles. The Hall–Kier alpha value is 0.150. The van der Waals surface area contributed by atoms with Gasteiger partial charge in [-0.2, -0.15) is 11.8 Å². The fraction of sp³-hybridized carbons (Fsp3) is 0.889. The molecule has 1 aliphatic rings. The number of thioether (sulfide) groups is 1. The molecule has 0 aliphatic carbocycles. The van der Waals surface area contributed by atoms with Crippen LogP contribution in [0, 0.1) is 0 Å². The molecule has 0 amide bonds. The largest absolute Gasteiger partial charge is 0.392 e. The third-order valence-corrected chi connectivity index (χ3v) is 6.59. The quantitative estimate of drug-likeness (QED) is 0.732. The van der Waals surface area contributed by atoms with Crippen molar-refractivity contribution in [2.75, 3.05) is 12.3 Å². The Morgan fingerprint density at radius 2 is 2.31 bits per heavy atom. The maximum atomic E-state index is 11.8. The molecule has 1 aliphatic heterocycles. The summed E-state index contributed by atoms with van der Waals surface area (Å²) in [6.45, 7) is 4.04. The van der Waals surface area contributed by atoms with E-state index in [0.29, 0.717) is 6.54 Å². The Morgan fingerprint density at radius 3 is 2.75 bits per heavy atom. The van der Waals surface area contributed by atoms with Gasteiger partial charge >= 0.3 is 0 Å². The number of hydrogen-bond donors (Lipinski definition) is 2. The summed E-state index contributed by atoms with van der Waals surface area (Å²) in [5.74, 6) is 1.10. The van der Waals surface area contributed by atoms with Crippen molar-refractivity contribution in [3.63, 3.8) is 0 Å². The molecule has 1 fully saturated rings. The summed E-state index contributed by atoms with van der Waals surface area (Å²) in [4.78, 5) is 0.0109. The van der Waals surface area contributed by atoms with Gasteiger partial charge in [-0.05, 0) is 32.4 Å². The fourth-order valence-corrected chi connectivity index (χ4v) is 4.30. The van der Waals surface area contributed by atoms with Crippen LogP contribution in [0.15, 0.2) is 0 Å². The Morgan fingerprint density at radius 1 is 1.69 bits per heavy atom. The third-order valence-electron chi connectivity index (χ3n) is 2.81. The molecule has 0 aromatic rings. The zero-order chi connectivity index (χ0) is 12.4. The molecule has 4 nitrogen and oxygen atoms in total. The first-order chi connectivity index (χ1) is 7.27. The van der Waals surface area contributed by atoms with Crippen LogP contribution < -0.4 is 10.5 Å². The third kappa shape index (κ3) is 3.58. The summed E-state index contributed by atoms with van der Waals surface area (Å²) in [7, 11) is -3.41. The van der Waals surface area contributed by atoms with Gasteiger partial charge < -0.3 is 5.73 Å². The molecular formula is C9H18N2O2S3.